The van der Waals surface area contributed by atoms with Crippen molar-refractivity contribution in [2.45, 2.75) is 56.5 Å². The quantitative estimate of drug-likeness (QED) is 0.441. The van der Waals surface area contributed by atoms with Crippen molar-refractivity contribution in [3.63, 3.8) is 0 Å². The van der Waals surface area contributed by atoms with Crippen molar-refractivity contribution in [2.24, 2.45) is 11.7 Å². The lowest BCUT2D eigenvalue weighted by molar-refractivity contribution is -0.117. The molecule has 0 atom stereocenters. The lowest BCUT2D eigenvalue weighted by Gasteiger charge is -2.33. The molecule has 198 valence electrons. The number of hydrogen-bond donors (Lipinski definition) is 2. The van der Waals surface area contributed by atoms with E-state index in [0.717, 1.165) is 66.5 Å². The Kier molecular flexibility index (Phi) is 7.42. The van der Waals surface area contributed by atoms with Gasteiger partial charge in [0.2, 0.25) is 5.91 Å². The fourth-order valence-corrected chi connectivity index (χ4v) is 5.37. The summed E-state index contributed by atoms with van der Waals surface area (Å²) in [5, 5.41) is 11.9. The second kappa shape index (κ2) is 10.9. The zero-order chi connectivity index (χ0) is 26.7. The van der Waals surface area contributed by atoms with Crippen LogP contribution in [0.1, 0.15) is 50.5 Å². The molecule has 2 fully saturated rings. The van der Waals surface area contributed by atoms with E-state index in [9.17, 15) is 9.59 Å². The van der Waals surface area contributed by atoms with Crippen LogP contribution in [0.3, 0.4) is 0 Å². The summed E-state index contributed by atoms with van der Waals surface area (Å²) in [6, 6.07) is 20.3. The molecule has 0 radical (unpaired) electrons. The molecule has 2 aliphatic carbocycles. The third-order valence-electron chi connectivity index (χ3n) is 7.97. The van der Waals surface area contributed by atoms with Crippen molar-refractivity contribution >= 4 is 17.8 Å². The highest BCUT2D eigenvalue weighted by Crippen LogP contribution is 2.43. The number of aromatic nitrogens is 2. The monoisotopic (exact) mass is 513 g/mol. The summed E-state index contributed by atoms with van der Waals surface area (Å²) in [6.45, 7) is 0. The molecular weight excluding hydrogens is 478 g/mol. The van der Waals surface area contributed by atoms with E-state index in [1.54, 1.807) is 11.9 Å². The zero-order valence-electron chi connectivity index (χ0n) is 22.0. The van der Waals surface area contributed by atoms with E-state index in [1.807, 2.05) is 48.5 Å². The first-order valence-corrected chi connectivity index (χ1v) is 13.3. The first-order valence-electron chi connectivity index (χ1n) is 13.3. The molecule has 0 unspecified atom stereocenters. The van der Waals surface area contributed by atoms with Gasteiger partial charge in [-0.2, -0.15) is 0 Å². The largest absolute Gasteiger partial charge is 0.453 e. The molecule has 1 aromatic heterocycles. The topological polar surface area (TPSA) is 110 Å². The summed E-state index contributed by atoms with van der Waals surface area (Å²) in [5.41, 5.74) is 10.9. The first-order chi connectivity index (χ1) is 18.4. The number of nitrogens with zero attached hydrogens (tertiary/aromatic N) is 3. The molecule has 3 N–H and O–H groups in total. The number of hydrogen-bond acceptors (Lipinski definition) is 6. The number of benzene rings is 2. The molecule has 0 aliphatic heterocycles. The van der Waals surface area contributed by atoms with Crippen LogP contribution in [0.5, 0.6) is 0 Å². The minimum atomic E-state index is -0.315. The molecule has 0 bridgehead atoms. The second-order valence-corrected chi connectivity index (χ2v) is 10.6. The van der Waals surface area contributed by atoms with Crippen molar-refractivity contribution in [1.82, 2.24) is 15.1 Å². The molecule has 3 aromatic rings. The fourth-order valence-electron chi connectivity index (χ4n) is 5.37. The minimum Gasteiger partial charge on any atom is -0.453 e. The summed E-state index contributed by atoms with van der Waals surface area (Å²) in [6.07, 6.45) is 5.63. The van der Waals surface area contributed by atoms with E-state index in [-0.39, 0.29) is 29.5 Å². The lowest BCUT2D eigenvalue weighted by Crippen LogP contribution is -2.39. The SMILES string of the molecule is COC(=O)N(C)[C@H]1CC[C@H](CC(=O)Nc2cc(-c3ccccc3)c(-c3ccc(C4(N)CC4)cc3)nn2)CC1. The number of carbonyl (C=O) groups excluding carboxylic acids is 2. The number of ether oxygens (including phenoxy) is 1. The summed E-state index contributed by atoms with van der Waals surface area (Å²) in [4.78, 5) is 26.4. The van der Waals surface area contributed by atoms with E-state index in [1.165, 1.54) is 7.11 Å². The van der Waals surface area contributed by atoms with E-state index in [0.29, 0.717) is 12.2 Å². The smallest absolute Gasteiger partial charge is 0.409 e. The van der Waals surface area contributed by atoms with Gasteiger partial charge in [-0.25, -0.2) is 4.79 Å². The molecule has 0 saturated heterocycles. The Bertz CT molecular complexity index is 1280. The number of carbonyl (C=O) groups is 2. The number of methoxy groups -OCH3 is 1. The van der Waals surface area contributed by atoms with Gasteiger partial charge in [0.05, 0.1) is 7.11 Å². The van der Waals surface area contributed by atoms with Gasteiger partial charge < -0.3 is 20.7 Å². The van der Waals surface area contributed by atoms with Crippen LogP contribution in [0.4, 0.5) is 10.6 Å². The van der Waals surface area contributed by atoms with Gasteiger partial charge in [0, 0.05) is 36.2 Å². The maximum atomic E-state index is 12.9. The predicted octanol–water partition coefficient (Wildman–Crippen LogP) is 5.34. The van der Waals surface area contributed by atoms with Gasteiger partial charge in [0.1, 0.15) is 5.69 Å². The lowest BCUT2D eigenvalue weighted by atomic mass is 9.83. The second-order valence-electron chi connectivity index (χ2n) is 10.6. The molecule has 8 nitrogen and oxygen atoms in total. The van der Waals surface area contributed by atoms with Crippen molar-refractivity contribution < 1.29 is 14.3 Å². The van der Waals surface area contributed by atoms with E-state index in [2.05, 4.69) is 27.6 Å². The third-order valence-corrected chi connectivity index (χ3v) is 7.97. The summed E-state index contributed by atoms with van der Waals surface area (Å²) >= 11 is 0. The molecule has 5 rings (SSSR count). The Hall–Kier alpha value is -3.78. The Labute approximate surface area is 223 Å². The van der Waals surface area contributed by atoms with Crippen LogP contribution in [-0.4, -0.2) is 47.3 Å². The normalized spacial score (nSPS) is 19.9. The van der Waals surface area contributed by atoms with Crippen LogP contribution in [0.2, 0.25) is 0 Å². The molecule has 1 heterocycles. The van der Waals surface area contributed by atoms with Gasteiger partial charge in [-0.05, 0) is 61.6 Å². The van der Waals surface area contributed by atoms with Gasteiger partial charge in [-0.15, -0.1) is 10.2 Å². The summed E-state index contributed by atoms with van der Waals surface area (Å²) in [5.74, 6) is 0.638. The van der Waals surface area contributed by atoms with Crippen molar-refractivity contribution in [3.8, 4) is 22.4 Å². The first kappa shape index (κ1) is 25.9. The fraction of sp³-hybridized carbons (Fsp3) is 0.400. The molecule has 2 aliphatic rings. The van der Waals surface area contributed by atoms with Gasteiger partial charge in [0.15, 0.2) is 5.82 Å². The van der Waals surface area contributed by atoms with Gasteiger partial charge in [-0.3, -0.25) is 4.79 Å². The van der Waals surface area contributed by atoms with Crippen LogP contribution in [-0.2, 0) is 15.1 Å². The maximum Gasteiger partial charge on any atom is 0.409 e. The van der Waals surface area contributed by atoms with Crippen LogP contribution in [0.25, 0.3) is 22.4 Å². The van der Waals surface area contributed by atoms with E-state index in [4.69, 9.17) is 10.5 Å². The highest BCUT2D eigenvalue weighted by molar-refractivity contribution is 5.91. The third kappa shape index (κ3) is 5.70. The average Bonchev–Trinajstić information content (AvgIpc) is 3.71. The Morgan fingerprint density at radius 1 is 1.00 bits per heavy atom. The maximum absolute atomic E-state index is 12.9. The van der Waals surface area contributed by atoms with Gasteiger partial charge in [0.25, 0.3) is 0 Å². The number of rotatable bonds is 7. The van der Waals surface area contributed by atoms with Gasteiger partial charge in [-0.1, -0.05) is 54.6 Å². The molecule has 38 heavy (non-hydrogen) atoms. The molecule has 2 amide bonds. The Morgan fingerprint density at radius 2 is 1.68 bits per heavy atom. The summed E-state index contributed by atoms with van der Waals surface area (Å²) < 4.78 is 4.83. The zero-order valence-corrected chi connectivity index (χ0v) is 22.0. The van der Waals surface area contributed by atoms with E-state index < -0.39 is 0 Å². The molecule has 2 saturated carbocycles. The molecule has 2 aromatic carbocycles. The highest BCUT2D eigenvalue weighted by atomic mass is 16.5. The van der Waals surface area contributed by atoms with Crippen LogP contribution in [0, 0.1) is 5.92 Å². The standard InChI is InChI=1S/C30H35N5O3/c1-35(29(37)38-2)24-14-8-20(9-15-24)18-27(36)32-26-19-25(21-6-4-3-5-7-21)28(34-33-26)22-10-12-23(13-11-22)30(31)16-17-30/h3-7,10-13,19-20,24H,8-9,14-18,31H2,1-2H3,(H,32,33,36)/t20-,24-. The average molecular weight is 514 g/mol. The van der Waals surface area contributed by atoms with E-state index >= 15 is 0 Å². The van der Waals surface area contributed by atoms with Crippen molar-refractivity contribution in [3.05, 3.63) is 66.2 Å². The molecular formula is C30H35N5O3. The van der Waals surface area contributed by atoms with Gasteiger partial charge >= 0.3 is 6.09 Å². The highest BCUT2D eigenvalue weighted by Gasteiger charge is 2.39. The van der Waals surface area contributed by atoms with Crippen molar-refractivity contribution in [2.75, 3.05) is 19.5 Å². The predicted molar refractivity (Wildman–Crippen MR) is 147 cm³/mol. The number of anilines is 1. The molecule has 8 heteroatoms. The molecule has 0 spiro atoms. The summed E-state index contributed by atoms with van der Waals surface area (Å²) in [7, 11) is 3.17. The Morgan fingerprint density at radius 3 is 2.32 bits per heavy atom. The van der Waals surface area contributed by atoms with Crippen molar-refractivity contribution in [1.29, 1.82) is 0 Å². The Balaban J connectivity index is 1.28. The van der Waals surface area contributed by atoms with Crippen LogP contribution < -0.4 is 11.1 Å². The number of nitrogens with one attached hydrogen (secondary N) is 1. The van der Waals surface area contributed by atoms with Crippen LogP contribution in [0.15, 0.2) is 60.7 Å². The van der Waals surface area contributed by atoms with Crippen LogP contribution >= 0.6 is 0 Å². The minimum absolute atomic E-state index is 0.0714. The number of nitrogens with two attached hydrogens (primary N) is 1. The number of amides is 2.